The molecule has 31 heavy (non-hydrogen) atoms. The first-order chi connectivity index (χ1) is 15.0. The third-order valence-electron chi connectivity index (χ3n) is 6.10. The van der Waals surface area contributed by atoms with Crippen molar-refractivity contribution in [3.8, 4) is 0 Å². The molecule has 1 aliphatic carbocycles. The summed E-state index contributed by atoms with van der Waals surface area (Å²) in [5.41, 5.74) is 4.03. The van der Waals surface area contributed by atoms with E-state index in [0.717, 1.165) is 61.4 Å². The van der Waals surface area contributed by atoms with Gasteiger partial charge in [-0.2, -0.15) is 0 Å². The average molecular weight is 421 g/mol. The summed E-state index contributed by atoms with van der Waals surface area (Å²) in [6, 6.07) is 16.1. The number of anilines is 1. The minimum atomic E-state index is -0.358. The van der Waals surface area contributed by atoms with Crippen LogP contribution in [0.2, 0.25) is 0 Å². The molecule has 0 radical (unpaired) electrons. The monoisotopic (exact) mass is 420 g/mol. The van der Waals surface area contributed by atoms with Crippen molar-refractivity contribution < 1.29 is 9.59 Å². The molecular weight excluding hydrogens is 388 g/mol. The van der Waals surface area contributed by atoms with E-state index in [1.165, 1.54) is 0 Å². The lowest BCUT2D eigenvalue weighted by molar-refractivity contribution is -0.125. The Labute approximate surface area is 184 Å². The zero-order chi connectivity index (χ0) is 21.8. The summed E-state index contributed by atoms with van der Waals surface area (Å²) in [6.07, 6.45) is 2.21. The topological polar surface area (TPSA) is 64.7 Å². The van der Waals surface area contributed by atoms with Crippen LogP contribution in [0.5, 0.6) is 0 Å². The Bertz CT molecular complexity index is 918. The number of nitrogens with one attached hydrogen (secondary N) is 2. The van der Waals surface area contributed by atoms with Gasteiger partial charge in [0.15, 0.2) is 0 Å². The summed E-state index contributed by atoms with van der Waals surface area (Å²) < 4.78 is 0. The number of rotatable bonds is 7. The van der Waals surface area contributed by atoms with E-state index in [4.69, 9.17) is 0 Å². The Morgan fingerprint density at radius 1 is 1.00 bits per heavy atom. The second kappa shape index (κ2) is 9.62. The summed E-state index contributed by atoms with van der Waals surface area (Å²) in [5, 5.41) is 6.22. The first-order valence-electron chi connectivity index (χ1n) is 11.2. The van der Waals surface area contributed by atoms with Crippen LogP contribution in [0.15, 0.2) is 48.5 Å². The number of carbonyl (C=O) groups excluding carboxylic acids is 2. The largest absolute Gasteiger partial charge is 0.352 e. The fourth-order valence-electron chi connectivity index (χ4n) is 4.12. The molecule has 0 spiro atoms. The van der Waals surface area contributed by atoms with Crippen molar-refractivity contribution in [3.63, 3.8) is 0 Å². The standard InChI is InChI=1S/C25H32N4O2/c1-18-8-9-19(2)22(16-18)27-25(31)24(20-6-4-3-5-7-20)29-14-12-28(13-15-29)17-23(30)26-21-10-11-21/h3-9,16,21,24H,10-15,17H2,1-2H3,(H,26,30)(H,27,31)/t24-/m0/s1. The lowest BCUT2D eigenvalue weighted by Gasteiger charge is -2.38. The number of hydrogen-bond acceptors (Lipinski definition) is 4. The fourth-order valence-corrected chi connectivity index (χ4v) is 4.12. The van der Waals surface area contributed by atoms with Crippen LogP contribution in [0.3, 0.4) is 0 Å². The minimum absolute atomic E-state index is 0.0140. The Balaban J connectivity index is 1.44. The molecule has 0 bridgehead atoms. The zero-order valence-electron chi connectivity index (χ0n) is 18.4. The van der Waals surface area contributed by atoms with Crippen LogP contribution >= 0.6 is 0 Å². The van der Waals surface area contributed by atoms with Crippen LogP contribution in [0.25, 0.3) is 0 Å². The van der Waals surface area contributed by atoms with E-state index < -0.39 is 0 Å². The molecule has 4 rings (SSSR count). The molecule has 6 heteroatoms. The number of piperazine rings is 1. The third kappa shape index (κ3) is 5.71. The minimum Gasteiger partial charge on any atom is -0.352 e. The van der Waals surface area contributed by atoms with Gasteiger partial charge >= 0.3 is 0 Å². The molecule has 2 N–H and O–H groups in total. The molecule has 1 saturated carbocycles. The number of carbonyl (C=O) groups is 2. The lowest BCUT2D eigenvalue weighted by Crippen LogP contribution is -2.52. The Kier molecular flexibility index (Phi) is 6.68. The molecule has 0 unspecified atom stereocenters. The normalized spacial score (nSPS) is 18.4. The van der Waals surface area contributed by atoms with Gasteiger partial charge in [-0.25, -0.2) is 0 Å². The van der Waals surface area contributed by atoms with Crippen molar-refractivity contribution in [3.05, 3.63) is 65.2 Å². The van der Waals surface area contributed by atoms with Crippen LogP contribution in [0, 0.1) is 13.8 Å². The second-order valence-electron chi connectivity index (χ2n) is 8.77. The number of nitrogens with zero attached hydrogens (tertiary/aromatic N) is 2. The van der Waals surface area contributed by atoms with Gasteiger partial charge in [0.05, 0.1) is 6.54 Å². The predicted octanol–water partition coefficient (Wildman–Crippen LogP) is 2.88. The maximum Gasteiger partial charge on any atom is 0.246 e. The highest BCUT2D eigenvalue weighted by atomic mass is 16.2. The summed E-state index contributed by atoms with van der Waals surface area (Å²) in [4.78, 5) is 30.0. The number of aryl methyl sites for hydroxylation is 2. The number of amides is 2. The molecule has 1 heterocycles. The Morgan fingerprint density at radius 2 is 1.71 bits per heavy atom. The van der Waals surface area contributed by atoms with Crippen LogP contribution in [0.1, 0.15) is 35.6 Å². The highest BCUT2D eigenvalue weighted by Gasteiger charge is 2.31. The van der Waals surface area contributed by atoms with Gasteiger partial charge in [-0.1, -0.05) is 42.5 Å². The Morgan fingerprint density at radius 3 is 2.39 bits per heavy atom. The van der Waals surface area contributed by atoms with E-state index in [-0.39, 0.29) is 17.9 Å². The van der Waals surface area contributed by atoms with E-state index in [1.54, 1.807) is 0 Å². The van der Waals surface area contributed by atoms with E-state index in [9.17, 15) is 9.59 Å². The molecule has 1 saturated heterocycles. The molecule has 164 valence electrons. The van der Waals surface area contributed by atoms with Crippen LogP contribution < -0.4 is 10.6 Å². The van der Waals surface area contributed by atoms with Gasteiger partial charge in [0.25, 0.3) is 0 Å². The first kappa shape index (κ1) is 21.5. The van der Waals surface area contributed by atoms with Crippen molar-refractivity contribution in [2.45, 2.75) is 38.8 Å². The number of benzene rings is 2. The van der Waals surface area contributed by atoms with Gasteiger partial charge in [0.1, 0.15) is 6.04 Å². The summed E-state index contributed by atoms with van der Waals surface area (Å²) in [6.45, 7) is 7.53. The van der Waals surface area contributed by atoms with Gasteiger partial charge in [0.2, 0.25) is 11.8 Å². The van der Waals surface area contributed by atoms with Crippen molar-refractivity contribution in [2.24, 2.45) is 0 Å². The van der Waals surface area contributed by atoms with Gasteiger partial charge in [-0.3, -0.25) is 19.4 Å². The first-order valence-corrected chi connectivity index (χ1v) is 11.2. The van der Waals surface area contributed by atoms with Gasteiger partial charge in [0, 0.05) is 37.9 Å². The smallest absolute Gasteiger partial charge is 0.246 e. The van der Waals surface area contributed by atoms with Crippen LogP contribution in [-0.4, -0.2) is 60.4 Å². The van der Waals surface area contributed by atoms with Gasteiger partial charge in [-0.15, -0.1) is 0 Å². The van der Waals surface area contributed by atoms with E-state index in [1.807, 2.05) is 56.3 Å². The maximum absolute atomic E-state index is 13.4. The molecule has 1 aliphatic heterocycles. The predicted molar refractivity (Wildman–Crippen MR) is 123 cm³/mol. The van der Waals surface area contributed by atoms with E-state index >= 15 is 0 Å². The number of hydrogen-bond donors (Lipinski definition) is 2. The highest BCUT2D eigenvalue weighted by molar-refractivity contribution is 5.96. The molecule has 6 nitrogen and oxygen atoms in total. The van der Waals surface area contributed by atoms with Crippen molar-refractivity contribution in [1.82, 2.24) is 15.1 Å². The SMILES string of the molecule is Cc1ccc(C)c(NC(=O)[C@H](c2ccccc2)N2CCN(CC(=O)NC3CC3)CC2)c1. The van der Waals surface area contributed by atoms with Crippen LogP contribution in [-0.2, 0) is 9.59 Å². The van der Waals surface area contributed by atoms with Crippen molar-refractivity contribution >= 4 is 17.5 Å². The van der Waals surface area contributed by atoms with Gasteiger partial charge in [-0.05, 0) is 49.4 Å². The lowest BCUT2D eigenvalue weighted by atomic mass is 10.0. The second-order valence-corrected chi connectivity index (χ2v) is 8.77. The molecule has 2 amide bonds. The van der Waals surface area contributed by atoms with E-state index in [2.05, 4.69) is 26.5 Å². The quantitative estimate of drug-likeness (QED) is 0.723. The van der Waals surface area contributed by atoms with Crippen molar-refractivity contribution in [2.75, 3.05) is 38.0 Å². The zero-order valence-corrected chi connectivity index (χ0v) is 18.4. The molecule has 2 fully saturated rings. The summed E-state index contributed by atoms with van der Waals surface area (Å²) in [7, 11) is 0. The Hall–Kier alpha value is -2.70. The fraction of sp³-hybridized carbons (Fsp3) is 0.440. The van der Waals surface area contributed by atoms with Crippen molar-refractivity contribution in [1.29, 1.82) is 0 Å². The molecule has 1 atom stereocenters. The molecule has 2 aromatic rings. The van der Waals surface area contributed by atoms with E-state index in [0.29, 0.717) is 12.6 Å². The molecular formula is C25H32N4O2. The highest BCUT2D eigenvalue weighted by Crippen LogP contribution is 2.26. The summed E-state index contributed by atoms with van der Waals surface area (Å²) >= 11 is 0. The molecule has 2 aromatic carbocycles. The maximum atomic E-state index is 13.4. The van der Waals surface area contributed by atoms with Crippen LogP contribution in [0.4, 0.5) is 5.69 Å². The summed E-state index contributed by atoms with van der Waals surface area (Å²) in [5.74, 6) is 0.100. The van der Waals surface area contributed by atoms with Gasteiger partial charge < -0.3 is 10.6 Å². The molecule has 0 aromatic heterocycles. The molecule has 2 aliphatic rings. The average Bonchev–Trinajstić information content (AvgIpc) is 3.57. The third-order valence-corrected chi connectivity index (χ3v) is 6.10.